The first-order chi connectivity index (χ1) is 10.6. The highest BCUT2D eigenvalue weighted by molar-refractivity contribution is 6.32. The van der Waals surface area contributed by atoms with Gasteiger partial charge < -0.3 is 0 Å². The number of aromatic nitrogens is 2. The zero-order chi connectivity index (χ0) is 15.5. The van der Waals surface area contributed by atoms with Gasteiger partial charge in [0.2, 0.25) is 0 Å². The summed E-state index contributed by atoms with van der Waals surface area (Å²) < 4.78 is 0. The van der Waals surface area contributed by atoms with Crippen molar-refractivity contribution < 1.29 is 0 Å². The molecule has 0 amide bonds. The van der Waals surface area contributed by atoms with Crippen LogP contribution in [0.3, 0.4) is 0 Å². The molecule has 1 heterocycles. The van der Waals surface area contributed by atoms with E-state index in [-0.39, 0.29) is 5.02 Å². The summed E-state index contributed by atoms with van der Waals surface area (Å²) in [6, 6.07) is 14.2. The minimum atomic E-state index is -0.453. The van der Waals surface area contributed by atoms with E-state index >= 15 is 0 Å². The van der Waals surface area contributed by atoms with E-state index < -0.39 is 5.56 Å². The van der Waals surface area contributed by atoms with Gasteiger partial charge in [0.15, 0.2) is 0 Å². The molecule has 0 saturated carbocycles. The lowest BCUT2D eigenvalue weighted by molar-refractivity contribution is 0.986. The summed E-state index contributed by atoms with van der Waals surface area (Å²) in [5, 5.41) is 12.6. The van der Waals surface area contributed by atoms with Crippen molar-refractivity contribution in [2.45, 2.75) is 6.92 Å². The third kappa shape index (κ3) is 2.84. The Labute approximate surface area is 131 Å². The number of H-pyrrole nitrogens is 1. The fourth-order valence-corrected chi connectivity index (χ4v) is 2.22. The van der Waals surface area contributed by atoms with E-state index in [9.17, 15) is 4.79 Å². The second kappa shape index (κ2) is 5.99. The van der Waals surface area contributed by atoms with E-state index in [4.69, 9.17) is 11.6 Å². The number of halogens is 1. The smallest absolute Gasteiger partial charge is 0.275 e. The first-order valence-corrected chi connectivity index (χ1v) is 7.05. The number of rotatable bonds is 3. The van der Waals surface area contributed by atoms with Crippen LogP contribution in [0.25, 0.3) is 10.8 Å². The maximum Gasteiger partial charge on any atom is 0.285 e. The molecule has 5 nitrogen and oxygen atoms in total. The van der Waals surface area contributed by atoms with E-state index in [2.05, 4.69) is 38.9 Å². The molecule has 2 aromatic carbocycles. The molecule has 0 spiro atoms. The largest absolute Gasteiger partial charge is 0.285 e. The highest BCUT2D eigenvalue weighted by Crippen LogP contribution is 2.17. The molecule has 0 aliphatic rings. The Morgan fingerprint density at radius 2 is 2.00 bits per heavy atom. The fourth-order valence-electron chi connectivity index (χ4n) is 2.08. The molecule has 0 radical (unpaired) electrons. The molecule has 0 saturated heterocycles. The van der Waals surface area contributed by atoms with Crippen LogP contribution in [0.5, 0.6) is 0 Å². The highest BCUT2D eigenvalue weighted by Gasteiger charge is 2.04. The summed E-state index contributed by atoms with van der Waals surface area (Å²) in [7, 11) is 0. The van der Waals surface area contributed by atoms with E-state index in [0.29, 0.717) is 5.69 Å². The Balaban J connectivity index is 1.89. The molecule has 0 bridgehead atoms. The Hall–Kier alpha value is -2.66. The average molecular weight is 313 g/mol. The lowest BCUT2D eigenvalue weighted by Crippen LogP contribution is -2.10. The summed E-state index contributed by atoms with van der Waals surface area (Å²) in [5.41, 5.74) is 4.45. The Kier molecular flexibility index (Phi) is 3.89. The molecular weight excluding hydrogens is 300 g/mol. The van der Waals surface area contributed by atoms with Crippen molar-refractivity contribution in [2.24, 2.45) is 5.10 Å². The number of nitrogens with one attached hydrogen (secondary N) is 2. The van der Waals surface area contributed by atoms with Gasteiger partial charge >= 0.3 is 0 Å². The zero-order valence-electron chi connectivity index (χ0n) is 11.8. The lowest BCUT2D eigenvalue weighted by atomic mass is 10.0. The van der Waals surface area contributed by atoms with Crippen LogP contribution in [0.2, 0.25) is 5.02 Å². The van der Waals surface area contributed by atoms with Crippen LogP contribution in [-0.2, 0) is 0 Å². The first kappa shape index (κ1) is 14.3. The van der Waals surface area contributed by atoms with E-state index in [0.717, 1.165) is 16.7 Å². The SMILES string of the molecule is C/C(=N/Nc1cn[nH]c(=O)c1Cl)c1ccc2ccccc2c1. The van der Waals surface area contributed by atoms with Crippen LogP contribution in [-0.4, -0.2) is 15.9 Å². The minimum absolute atomic E-state index is 0.0325. The van der Waals surface area contributed by atoms with Crippen molar-refractivity contribution in [1.82, 2.24) is 10.2 Å². The summed E-state index contributed by atoms with van der Waals surface area (Å²) in [4.78, 5) is 11.4. The first-order valence-electron chi connectivity index (χ1n) is 6.68. The van der Waals surface area contributed by atoms with Gasteiger partial charge in [0.05, 0.1) is 11.9 Å². The van der Waals surface area contributed by atoms with Crippen LogP contribution < -0.4 is 11.0 Å². The number of benzene rings is 2. The zero-order valence-corrected chi connectivity index (χ0v) is 12.6. The van der Waals surface area contributed by atoms with Gasteiger partial charge in [-0.25, -0.2) is 5.10 Å². The molecule has 1 aromatic heterocycles. The molecule has 110 valence electrons. The number of hydrazone groups is 1. The molecule has 22 heavy (non-hydrogen) atoms. The van der Waals surface area contributed by atoms with Gasteiger partial charge in [-0.05, 0) is 29.3 Å². The third-order valence-corrected chi connectivity index (χ3v) is 3.68. The van der Waals surface area contributed by atoms with Crippen molar-refractivity contribution >= 4 is 33.8 Å². The van der Waals surface area contributed by atoms with Crippen molar-refractivity contribution in [1.29, 1.82) is 0 Å². The van der Waals surface area contributed by atoms with Crippen LogP contribution in [0.4, 0.5) is 5.69 Å². The average Bonchev–Trinajstić information content (AvgIpc) is 2.55. The molecule has 0 unspecified atom stereocenters. The normalized spacial score (nSPS) is 11.6. The summed E-state index contributed by atoms with van der Waals surface area (Å²) in [6.45, 7) is 1.88. The van der Waals surface area contributed by atoms with Gasteiger partial charge in [-0.2, -0.15) is 10.2 Å². The van der Waals surface area contributed by atoms with Crippen LogP contribution in [0, 0.1) is 0 Å². The number of hydrogen-bond donors (Lipinski definition) is 2. The molecule has 0 atom stereocenters. The van der Waals surface area contributed by atoms with Gasteiger partial charge in [0.1, 0.15) is 10.7 Å². The fraction of sp³-hybridized carbons (Fsp3) is 0.0625. The van der Waals surface area contributed by atoms with E-state index in [1.807, 2.05) is 31.2 Å². The summed E-state index contributed by atoms with van der Waals surface area (Å²) >= 11 is 5.89. The van der Waals surface area contributed by atoms with Gasteiger partial charge in [0, 0.05) is 0 Å². The van der Waals surface area contributed by atoms with E-state index in [1.54, 1.807) is 0 Å². The van der Waals surface area contributed by atoms with Crippen molar-refractivity contribution in [3.8, 4) is 0 Å². The predicted molar refractivity (Wildman–Crippen MR) is 89.6 cm³/mol. The number of anilines is 1. The molecule has 0 aliphatic carbocycles. The minimum Gasteiger partial charge on any atom is -0.275 e. The van der Waals surface area contributed by atoms with Crippen molar-refractivity contribution in [3.05, 3.63) is 69.6 Å². The number of aromatic amines is 1. The maximum absolute atomic E-state index is 11.4. The van der Waals surface area contributed by atoms with Crippen LogP contribution in [0.1, 0.15) is 12.5 Å². The number of nitrogens with zero attached hydrogens (tertiary/aromatic N) is 2. The molecule has 3 aromatic rings. The Morgan fingerprint density at radius 1 is 1.23 bits per heavy atom. The second-order valence-electron chi connectivity index (χ2n) is 4.80. The maximum atomic E-state index is 11.4. The molecule has 0 aliphatic heterocycles. The Bertz CT molecular complexity index is 917. The molecular formula is C16H13ClN4O. The van der Waals surface area contributed by atoms with E-state index in [1.165, 1.54) is 11.6 Å². The molecule has 2 N–H and O–H groups in total. The standard InChI is InChI=1S/C16H13ClN4O/c1-10(19-20-14-9-18-21-16(22)15(14)17)12-7-6-11-4-2-3-5-13(11)8-12/h2-9H,1H3,(H2,20,21,22)/b19-10-. The second-order valence-corrected chi connectivity index (χ2v) is 5.18. The number of hydrogen-bond acceptors (Lipinski definition) is 4. The van der Waals surface area contributed by atoms with Gasteiger partial charge in [-0.1, -0.05) is 48.0 Å². The highest BCUT2D eigenvalue weighted by atomic mass is 35.5. The van der Waals surface area contributed by atoms with Crippen LogP contribution >= 0.6 is 11.6 Å². The predicted octanol–water partition coefficient (Wildman–Crippen LogP) is 3.41. The Morgan fingerprint density at radius 3 is 2.82 bits per heavy atom. The number of fused-ring (bicyclic) bond motifs is 1. The van der Waals surface area contributed by atoms with Gasteiger partial charge in [-0.3, -0.25) is 10.2 Å². The third-order valence-electron chi connectivity index (χ3n) is 3.31. The lowest BCUT2D eigenvalue weighted by Gasteiger charge is -2.05. The van der Waals surface area contributed by atoms with Gasteiger partial charge in [-0.15, -0.1) is 0 Å². The van der Waals surface area contributed by atoms with Crippen molar-refractivity contribution in [3.63, 3.8) is 0 Å². The van der Waals surface area contributed by atoms with Gasteiger partial charge in [0.25, 0.3) is 5.56 Å². The monoisotopic (exact) mass is 312 g/mol. The topological polar surface area (TPSA) is 70.1 Å². The molecule has 3 rings (SSSR count). The summed E-state index contributed by atoms with van der Waals surface area (Å²) in [5.74, 6) is 0. The molecule has 0 fully saturated rings. The summed E-state index contributed by atoms with van der Waals surface area (Å²) in [6.07, 6.45) is 1.42. The van der Waals surface area contributed by atoms with Crippen molar-refractivity contribution in [2.75, 3.05) is 5.43 Å². The quantitative estimate of drug-likeness (QED) is 0.575. The van der Waals surface area contributed by atoms with Crippen LogP contribution in [0.15, 0.2) is 58.6 Å². The molecule has 6 heteroatoms.